The number of ether oxygens (including phenoxy) is 2. The highest BCUT2D eigenvalue weighted by atomic mass is 127. The highest BCUT2D eigenvalue weighted by molar-refractivity contribution is 14.0. The maximum Gasteiger partial charge on any atom is 0.193 e. The van der Waals surface area contributed by atoms with E-state index in [1.54, 1.807) is 0 Å². The predicted molar refractivity (Wildman–Crippen MR) is 138 cm³/mol. The van der Waals surface area contributed by atoms with Crippen LogP contribution in [0, 0.1) is 5.92 Å². The first kappa shape index (κ1) is 25.5. The number of hydrogen-bond donors (Lipinski definition) is 1. The third kappa shape index (κ3) is 8.69. The van der Waals surface area contributed by atoms with E-state index in [9.17, 15) is 0 Å². The Bertz CT molecular complexity index is 781. The number of aliphatic imine (C=N–C) groups is 1. The van der Waals surface area contributed by atoms with Crippen LogP contribution in [0.4, 0.5) is 0 Å². The molecule has 0 aromatic heterocycles. The zero-order chi connectivity index (χ0) is 21.2. The third-order valence-corrected chi connectivity index (χ3v) is 5.25. The normalized spacial score (nSPS) is 16.3. The van der Waals surface area contributed by atoms with Gasteiger partial charge in [0, 0.05) is 32.6 Å². The van der Waals surface area contributed by atoms with Gasteiger partial charge in [-0.05, 0) is 49.9 Å². The summed E-state index contributed by atoms with van der Waals surface area (Å²) >= 11 is 0. The van der Waals surface area contributed by atoms with Crippen LogP contribution in [-0.2, 0) is 17.8 Å². The highest BCUT2D eigenvalue weighted by Gasteiger charge is 2.24. The Labute approximate surface area is 204 Å². The Balaban J connectivity index is 0.00000341. The number of benzene rings is 2. The van der Waals surface area contributed by atoms with Crippen LogP contribution < -0.4 is 10.1 Å². The Kier molecular flexibility index (Phi) is 11.2. The van der Waals surface area contributed by atoms with Gasteiger partial charge >= 0.3 is 0 Å². The minimum Gasteiger partial charge on any atom is -0.491 e. The minimum absolute atomic E-state index is 0. The highest BCUT2D eigenvalue weighted by Crippen LogP contribution is 2.18. The quantitative estimate of drug-likeness (QED) is 0.285. The molecule has 0 radical (unpaired) electrons. The lowest BCUT2D eigenvalue weighted by Crippen LogP contribution is -2.41. The molecule has 6 heteroatoms. The summed E-state index contributed by atoms with van der Waals surface area (Å²) in [5, 5.41) is 3.51. The van der Waals surface area contributed by atoms with Crippen molar-refractivity contribution in [3.63, 3.8) is 0 Å². The standard InChI is InChI=1S/C25H35N3O2.HI/c1-20(2)30-24-11-9-21(10-12-24)13-15-27-25(26-3)28-16-14-23(17-28)19-29-18-22-7-5-4-6-8-22;/h4-12,20,23H,13-19H2,1-3H3,(H,26,27);1H. The SMILES string of the molecule is CN=C(NCCc1ccc(OC(C)C)cc1)N1CCC(COCc2ccccc2)C1.I. The third-order valence-electron chi connectivity index (χ3n) is 5.25. The molecule has 0 bridgehead atoms. The Morgan fingerprint density at radius 2 is 1.84 bits per heavy atom. The molecule has 1 aliphatic heterocycles. The average Bonchev–Trinajstić information content (AvgIpc) is 3.21. The van der Waals surface area contributed by atoms with Gasteiger partial charge in [-0.25, -0.2) is 0 Å². The van der Waals surface area contributed by atoms with Crippen molar-refractivity contribution in [2.45, 2.75) is 39.4 Å². The Morgan fingerprint density at radius 1 is 1.10 bits per heavy atom. The van der Waals surface area contributed by atoms with Crippen molar-refractivity contribution in [3.8, 4) is 5.75 Å². The van der Waals surface area contributed by atoms with Gasteiger partial charge in [-0.3, -0.25) is 4.99 Å². The monoisotopic (exact) mass is 537 g/mol. The maximum absolute atomic E-state index is 5.94. The topological polar surface area (TPSA) is 46.1 Å². The summed E-state index contributed by atoms with van der Waals surface area (Å²) in [7, 11) is 1.86. The minimum atomic E-state index is 0. The van der Waals surface area contributed by atoms with Crippen LogP contribution in [-0.4, -0.2) is 50.3 Å². The van der Waals surface area contributed by atoms with E-state index in [0.29, 0.717) is 12.5 Å². The fourth-order valence-electron chi connectivity index (χ4n) is 3.74. The first-order valence-corrected chi connectivity index (χ1v) is 11.0. The van der Waals surface area contributed by atoms with E-state index in [1.165, 1.54) is 11.1 Å². The van der Waals surface area contributed by atoms with Gasteiger partial charge < -0.3 is 19.7 Å². The van der Waals surface area contributed by atoms with Gasteiger partial charge in [-0.2, -0.15) is 0 Å². The van der Waals surface area contributed by atoms with Gasteiger partial charge in [0.25, 0.3) is 0 Å². The predicted octanol–water partition coefficient (Wildman–Crippen LogP) is 4.75. The lowest BCUT2D eigenvalue weighted by Gasteiger charge is -2.22. The van der Waals surface area contributed by atoms with Crippen molar-refractivity contribution in [1.29, 1.82) is 0 Å². The molecule has 0 amide bonds. The summed E-state index contributed by atoms with van der Waals surface area (Å²) in [5.41, 5.74) is 2.52. The van der Waals surface area contributed by atoms with Gasteiger partial charge in [-0.15, -0.1) is 24.0 Å². The van der Waals surface area contributed by atoms with E-state index >= 15 is 0 Å². The largest absolute Gasteiger partial charge is 0.491 e. The molecular formula is C25H36IN3O2. The molecule has 2 aromatic rings. The number of nitrogens with zero attached hydrogens (tertiary/aromatic N) is 2. The molecule has 1 N–H and O–H groups in total. The number of nitrogens with one attached hydrogen (secondary N) is 1. The van der Waals surface area contributed by atoms with Crippen LogP contribution in [0.2, 0.25) is 0 Å². The number of hydrogen-bond acceptors (Lipinski definition) is 3. The number of guanidine groups is 1. The molecule has 0 spiro atoms. The van der Waals surface area contributed by atoms with Gasteiger partial charge in [0.1, 0.15) is 5.75 Å². The van der Waals surface area contributed by atoms with Crippen molar-refractivity contribution in [3.05, 3.63) is 65.7 Å². The zero-order valence-corrected chi connectivity index (χ0v) is 21.3. The molecule has 1 fully saturated rings. The molecule has 1 atom stereocenters. The lowest BCUT2D eigenvalue weighted by molar-refractivity contribution is 0.0907. The zero-order valence-electron chi connectivity index (χ0n) is 18.9. The van der Waals surface area contributed by atoms with E-state index in [4.69, 9.17) is 9.47 Å². The summed E-state index contributed by atoms with van der Waals surface area (Å²) in [5.74, 6) is 2.47. The van der Waals surface area contributed by atoms with E-state index in [0.717, 1.165) is 50.8 Å². The fourth-order valence-corrected chi connectivity index (χ4v) is 3.74. The summed E-state index contributed by atoms with van der Waals surface area (Å²) in [6, 6.07) is 18.7. The smallest absolute Gasteiger partial charge is 0.193 e. The van der Waals surface area contributed by atoms with Crippen LogP contribution in [0.5, 0.6) is 5.75 Å². The molecule has 5 nitrogen and oxygen atoms in total. The molecule has 3 rings (SSSR count). The van der Waals surface area contributed by atoms with Crippen molar-refractivity contribution in [2.24, 2.45) is 10.9 Å². The van der Waals surface area contributed by atoms with Gasteiger partial charge in [-0.1, -0.05) is 42.5 Å². The average molecular weight is 537 g/mol. The van der Waals surface area contributed by atoms with Crippen molar-refractivity contribution in [1.82, 2.24) is 10.2 Å². The molecule has 2 aromatic carbocycles. The Hall–Kier alpha value is -1.80. The second-order valence-electron chi connectivity index (χ2n) is 8.14. The van der Waals surface area contributed by atoms with Gasteiger partial charge in [0.2, 0.25) is 0 Å². The molecule has 1 unspecified atom stereocenters. The molecule has 31 heavy (non-hydrogen) atoms. The lowest BCUT2D eigenvalue weighted by atomic mass is 10.1. The van der Waals surface area contributed by atoms with E-state index in [-0.39, 0.29) is 30.1 Å². The summed E-state index contributed by atoms with van der Waals surface area (Å²) in [6.07, 6.45) is 2.31. The number of rotatable bonds is 9. The first-order valence-electron chi connectivity index (χ1n) is 11.0. The first-order chi connectivity index (χ1) is 14.6. The van der Waals surface area contributed by atoms with Crippen LogP contribution in [0.15, 0.2) is 59.6 Å². The molecule has 1 aliphatic rings. The Morgan fingerprint density at radius 3 is 2.52 bits per heavy atom. The summed E-state index contributed by atoms with van der Waals surface area (Å²) in [6.45, 7) is 8.46. The molecule has 0 saturated carbocycles. The maximum atomic E-state index is 5.94. The molecule has 1 heterocycles. The van der Waals surface area contributed by atoms with E-state index < -0.39 is 0 Å². The summed E-state index contributed by atoms with van der Waals surface area (Å²) < 4.78 is 11.6. The second-order valence-corrected chi connectivity index (χ2v) is 8.14. The van der Waals surface area contributed by atoms with E-state index in [2.05, 4.69) is 51.6 Å². The van der Waals surface area contributed by atoms with Crippen LogP contribution in [0.1, 0.15) is 31.4 Å². The van der Waals surface area contributed by atoms with E-state index in [1.807, 2.05) is 39.1 Å². The molecule has 170 valence electrons. The van der Waals surface area contributed by atoms with Crippen LogP contribution in [0.3, 0.4) is 0 Å². The molecule has 1 saturated heterocycles. The fraction of sp³-hybridized carbons (Fsp3) is 0.480. The number of halogens is 1. The number of likely N-dealkylation sites (tertiary alicyclic amines) is 1. The van der Waals surface area contributed by atoms with Gasteiger partial charge in [0.05, 0.1) is 19.3 Å². The van der Waals surface area contributed by atoms with Gasteiger partial charge in [0.15, 0.2) is 5.96 Å². The second kappa shape index (κ2) is 13.6. The molecule has 0 aliphatic carbocycles. The van der Waals surface area contributed by atoms with Crippen molar-refractivity contribution in [2.75, 3.05) is 33.3 Å². The molecular weight excluding hydrogens is 501 g/mol. The van der Waals surface area contributed by atoms with Crippen molar-refractivity contribution >= 4 is 29.9 Å². The summed E-state index contributed by atoms with van der Waals surface area (Å²) in [4.78, 5) is 6.82. The van der Waals surface area contributed by atoms with Crippen LogP contribution in [0.25, 0.3) is 0 Å². The van der Waals surface area contributed by atoms with Crippen LogP contribution >= 0.6 is 24.0 Å². The van der Waals surface area contributed by atoms with Crippen molar-refractivity contribution < 1.29 is 9.47 Å².